The molecule has 4 aliphatic rings. The van der Waals surface area contributed by atoms with Gasteiger partial charge in [-0.25, -0.2) is 4.79 Å². The highest BCUT2D eigenvalue weighted by Crippen LogP contribution is 2.57. The van der Waals surface area contributed by atoms with Gasteiger partial charge in [0.2, 0.25) is 5.91 Å². The van der Waals surface area contributed by atoms with Crippen molar-refractivity contribution in [3.8, 4) is 0 Å². The smallest absolute Gasteiger partial charge is 0.475 e. The molecule has 4 fully saturated rings. The van der Waals surface area contributed by atoms with Crippen LogP contribution in [0.2, 0.25) is 0 Å². The lowest BCUT2D eigenvalue weighted by Crippen LogP contribution is -2.66. The van der Waals surface area contributed by atoms with Gasteiger partial charge in [0.1, 0.15) is 0 Å². The minimum absolute atomic E-state index is 0.101. The van der Waals surface area contributed by atoms with E-state index in [2.05, 4.69) is 40.1 Å². The monoisotopic (exact) mass is 438 g/mol. The fourth-order valence-corrected chi connectivity index (χ4v) is 4.94. The molecule has 5 rings (SSSR count). The SMILES string of the molecule is O=C(O)C(F)(F)F.O=C1N(CC2CC2)C(c2ccccc2)C12CCN(CC1CC1)CC2. The van der Waals surface area contributed by atoms with E-state index >= 15 is 0 Å². The topological polar surface area (TPSA) is 60.9 Å². The van der Waals surface area contributed by atoms with Crippen LogP contribution in [0.5, 0.6) is 0 Å². The molecule has 5 nitrogen and oxygen atoms in total. The number of hydrogen-bond donors (Lipinski definition) is 1. The molecule has 2 heterocycles. The zero-order valence-electron chi connectivity index (χ0n) is 17.5. The lowest BCUT2D eigenvalue weighted by atomic mass is 9.62. The fraction of sp³-hybridized carbons (Fsp3) is 0.652. The number of amides is 1. The summed E-state index contributed by atoms with van der Waals surface area (Å²) in [5, 5.41) is 7.12. The number of nitrogens with zero attached hydrogens (tertiary/aromatic N) is 2. The molecule has 1 N–H and O–H groups in total. The summed E-state index contributed by atoms with van der Waals surface area (Å²) >= 11 is 0. The van der Waals surface area contributed by atoms with Crippen LogP contribution in [0.3, 0.4) is 0 Å². The first-order chi connectivity index (χ1) is 14.7. The van der Waals surface area contributed by atoms with Crippen LogP contribution < -0.4 is 0 Å². The third-order valence-electron chi connectivity index (χ3n) is 6.99. The molecule has 0 radical (unpaired) electrons. The van der Waals surface area contributed by atoms with Crippen molar-refractivity contribution in [3.63, 3.8) is 0 Å². The van der Waals surface area contributed by atoms with Crippen LogP contribution in [0.25, 0.3) is 0 Å². The summed E-state index contributed by atoms with van der Waals surface area (Å²) < 4.78 is 31.7. The number of carboxylic acid groups (broad SMARTS) is 1. The first-order valence-corrected chi connectivity index (χ1v) is 11.1. The van der Waals surface area contributed by atoms with Crippen molar-refractivity contribution >= 4 is 11.9 Å². The van der Waals surface area contributed by atoms with Gasteiger partial charge in [0.25, 0.3) is 0 Å². The van der Waals surface area contributed by atoms with E-state index in [1.807, 2.05) is 0 Å². The number of halogens is 3. The molecule has 2 aliphatic heterocycles. The van der Waals surface area contributed by atoms with Crippen molar-refractivity contribution in [3.05, 3.63) is 35.9 Å². The largest absolute Gasteiger partial charge is 0.490 e. The van der Waals surface area contributed by atoms with Crippen LogP contribution in [0.1, 0.15) is 50.1 Å². The van der Waals surface area contributed by atoms with Gasteiger partial charge in [-0.1, -0.05) is 30.3 Å². The van der Waals surface area contributed by atoms with Gasteiger partial charge in [0.15, 0.2) is 0 Å². The maximum Gasteiger partial charge on any atom is 0.490 e. The van der Waals surface area contributed by atoms with Crippen molar-refractivity contribution in [1.82, 2.24) is 9.80 Å². The van der Waals surface area contributed by atoms with E-state index in [9.17, 15) is 18.0 Å². The highest BCUT2D eigenvalue weighted by atomic mass is 19.4. The lowest BCUT2D eigenvalue weighted by Gasteiger charge is -2.59. The molecule has 0 aromatic heterocycles. The number of aliphatic carboxylic acids is 1. The fourth-order valence-electron chi connectivity index (χ4n) is 4.94. The molecule has 2 saturated carbocycles. The van der Waals surface area contributed by atoms with Crippen molar-refractivity contribution < 1.29 is 27.9 Å². The number of β-lactam (4-membered cyclic amide) rings is 1. The van der Waals surface area contributed by atoms with Gasteiger partial charge in [-0.3, -0.25) is 4.79 Å². The number of alkyl halides is 3. The highest BCUT2D eigenvalue weighted by molar-refractivity contribution is 5.91. The first-order valence-electron chi connectivity index (χ1n) is 11.1. The lowest BCUT2D eigenvalue weighted by molar-refractivity contribution is -0.192. The molecule has 1 aromatic carbocycles. The standard InChI is InChI=1S/C21H28N2O.C2HF3O2/c24-20-21(10-12-22(13-11-21)14-16-6-7-16)19(18-4-2-1-3-5-18)23(20)15-17-8-9-17;3-2(4,5)1(6)7/h1-5,16-17,19H,6-15H2;(H,6,7). The average Bonchev–Trinajstić information content (AvgIpc) is 3.65. The second-order valence-corrected chi connectivity index (χ2v) is 9.42. The summed E-state index contributed by atoms with van der Waals surface area (Å²) in [6.07, 6.45) is 2.49. The van der Waals surface area contributed by atoms with Crippen LogP contribution in [0.15, 0.2) is 30.3 Å². The molecule has 2 saturated heterocycles. The Hall–Kier alpha value is -2.09. The molecule has 1 aromatic rings. The number of likely N-dealkylation sites (tertiary alicyclic amines) is 2. The predicted octanol–water partition coefficient (Wildman–Crippen LogP) is 4.11. The molecular formula is C23H29F3N2O3. The summed E-state index contributed by atoms with van der Waals surface area (Å²) in [6, 6.07) is 11.1. The van der Waals surface area contributed by atoms with Crippen LogP contribution in [0.4, 0.5) is 13.2 Å². The molecule has 1 atom stereocenters. The Morgan fingerprint density at radius 3 is 2.00 bits per heavy atom. The third kappa shape index (κ3) is 4.89. The zero-order chi connectivity index (χ0) is 22.2. The normalized spacial score (nSPS) is 25.6. The number of benzene rings is 1. The molecule has 170 valence electrons. The molecule has 1 amide bonds. The predicted molar refractivity (Wildman–Crippen MR) is 108 cm³/mol. The van der Waals surface area contributed by atoms with Crippen molar-refractivity contribution in [2.45, 2.75) is 50.7 Å². The molecule has 0 bridgehead atoms. The Balaban J connectivity index is 0.000000289. The van der Waals surface area contributed by atoms with Crippen molar-refractivity contribution in [2.24, 2.45) is 17.3 Å². The summed E-state index contributed by atoms with van der Waals surface area (Å²) in [7, 11) is 0. The number of hydrogen-bond acceptors (Lipinski definition) is 3. The van der Waals surface area contributed by atoms with Crippen molar-refractivity contribution in [1.29, 1.82) is 0 Å². The zero-order valence-corrected chi connectivity index (χ0v) is 17.5. The van der Waals surface area contributed by atoms with Gasteiger partial charge in [0, 0.05) is 13.1 Å². The number of piperidine rings is 1. The maximum absolute atomic E-state index is 13.1. The van der Waals surface area contributed by atoms with Gasteiger partial charge >= 0.3 is 12.1 Å². The van der Waals surface area contributed by atoms with E-state index in [0.29, 0.717) is 11.9 Å². The minimum atomic E-state index is -5.08. The molecular weight excluding hydrogens is 409 g/mol. The van der Waals surface area contributed by atoms with Gasteiger partial charge in [-0.2, -0.15) is 13.2 Å². The molecule has 31 heavy (non-hydrogen) atoms. The van der Waals surface area contributed by atoms with Gasteiger partial charge < -0.3 is 14.9 Å². The first kappa shape index (κ1) is 22.1. The molecule has 1 unspecified atom stereocenters. The van der Waals surface area contributed by atoms with E-state index in [1.54, 1.807) is 0 Å². The van der Waals surface area contributed by atoms with Gasteiger partial charge in [-0.15, -0.1) is 0 Å². The quantitative estimate of drug-likeness (QED) is 0.703. The van der Waals surface area contributed by atoms with Gasteiger partial charge in [0.05, 0.1) is 11.5 Å². The Morgan fingerprint density at radius 2 is 1.52 bits per heavy atom. The number of carbonyl (C=O) groups excluding carboxylic acids is 1. The highest BCUT2D eigenvalue weighted by Gasteiger charge is 2.61. The summed E-state index contributed by atoms with van der Waals surface area (Å²) in [5.74, 6) is -0.582. The van der Waals surface area contributed by atoms with Crippen molar-refractivity contribution in [2.75, 3.05) is 26.2 Å². The molecule has 8 heteroatoms. The maximum atomic E-state index is 13.1. The van der Waals surface area contributed by atoms with E-state index in [-0.39, 0.29) is 5.41 Å². The number of rotatable bonds is 5. The van der Waals surface area contributed by atoms with E-state index < -0.39 is 12.1 Å². The molecule has 2 aliphatic carbocycles. The average molecular weight is 438 g/mol. The second-order valence-electron chi connectivity index (χ2n) is 9.42. The number of carboxylic acids is 1. The Bertz CT molecular complexity index is 798. The Kier molecular flexibility index (Phi) is 6.03. The van der Waals surface area contributed by atoms with E-state index in [4.69, 9.17) is 9.90 Å². The summed E-state index contributed by atoms with van der Waals surface area (Å²) in [6.45, 7) is 4.49. The summed E-state index contributed by atoms with van der Waals surface area (Å²) in [5.41, 5.74) is 1.25. The molecule has 1 spiro atoms. The third-order valence-corrected chi connectivity index (χ3v) is 6.99. The van der Waals surface area contributed by atoms with Crippen LogP contribution in [-0.2, 0) is 9.59 Å². The van der Waals surface area contributed by atoms with E-state index in [0.717, 1.165) is 44.3 Å². The Labute approximate surface area is 180 Å². The van der Waals surface area contributed by atoms with Crippen LogP contribution in [0, 0.1) is 17.3 Å². The minimum Gasteiger partial charge on any atom is -0.475 e. The van der Waals surface area contributed by atoms with Gasteiger partial charge in [-0.05, 0) is 69.0 Å². The Morgan fingerprint density at radius 1 is 1.00 bits per heavy atom. The van der Waals surface area contributed by atoms with Crippen LogP contribution >= 0.6 is 0 Å². The van der Waals surface area contributed by atoms with Crippen LogP contribution in [-0.4, -0.2) is 59.1 Å². The number of carbonyl (C=O) groups is 2. The summed E-state index contributed by atoms with van der Waals surface area (Å²) in [4.78, 5) is 26.9. The van der Waals surface area contributed by atoms with E-state index in [1.165, 1.54) is 37.8 Å². The second kappa shape index (κ2) is 8.45.